The number of amides is 5. The number of carbonyl (C=O) groups is 4. The maximum Gasteiger partial charge on any atom is 0.334 e. The van der Waals surface area contributed by atoms with E-state index >= 15 is 0 Å². The van der Waals surface area contributed by atoms with E-state index < -0.39 is 30.3 Å². The fourth-order valence-corrected chi connectivity index (χ4v) is 3.07. The summed E-state index contributed by atoms with van der Waals surface area (Å²) < 4.78 is 0. The van der Waals surface area contributed by atoms with Gasteiger partial charge in [-0.05, 0) is 5.56 Å². The highest BCUT2D eigenvalue weighted by Gasteiger charge is 2.44. The van der Waals surface area contributed by atoms with Crippen molar-refractivity contribution in [1.29, 1.82) is 0 Å². The third-order valence-electron chi connectivity index (χ3n) is 4.49. The number of hydrogen-bond acceptors (Lipinski definition) is 5. The van der Waals surface area contributed by atoms with Gasteiger partial charge in [-0.3, -0.25) is 19.3 Å². The molecule has 0 aliphatic carbocycles. The van der Waals surface area contributed by atoms with Crippen LogP contribution in [0.25, 0.3) is 0 Å². The van der Waals surface area contributed by atoms with Gasteiger partial charge < -0.3 is 10.6 Å². The molecule has 8 heteroatoms. The van der Waals surface area contributed by atoms with Crippen LogP contribution in [0.5, 0.6) is 0 Å². The Kier molecular flexibility index (Phi) is 4.06. The molecule has 2 saturated heterocycles. The normalized spacial score (nSPS) is 24.2. The lowest BCUT2D eigenvalue weighted by molar-refractivity contribution is -0.144. The summed E-state index contributed by atoms with van der Waals surface area (Å²) in [6.07, 6.45) is 0. The first-order valence-electron chi connectivity index (χ1n) is 7.62. The average molecular weight is 330 g/mol. The SMILES string of the molecule is CN1C(=O)C(=O)N(CC(=O)N2C[C@@H](N)[C@H](c3ccccc3)C2)C1=O. The van der Waals surface area contributed by atoms with Crippen LogP contribution in [0.4, 0.5) is 4.79 Å². The molecule has 24 heavy (non-hydrogen) atoms. The smallest absolute Gasteiger partial charge is 0.334 e. The van der Waals surface area contributed by atoms with Gasteiger partial charge >= 0.3 is 17.8 Å². The third kappa shape index (κ3) is 2.65. The Balaban J connectivity index is 1.68. The van der Waals surface area contributed by atoms with Crippen molar-refractivity contribution in [3.05, 3.63) is 35.9 Å². The van der Waals surface area contributed by atoms with Crippen LogP contribution < -0.4 is 5.73 Å². The number of urea groups is 1. The van der Waals surface area contributed by atoms with Gasteiger partial charge in [0.1, 0.15) is 6.54 Å². The van der Waals surface area contributed by atoms with Gasteiger partial charge in [0.15, 0.2) is 0 Å². The van der Waals surface area contributed by atoms with Gasteiger partial charge in [-0.15, -0.1) is 0 Å². The molecular weight excluding hydrogens is 312 g/mol. The van der Waals surface area contributed by atoms with Gasteiger partial charge in [0, 0.05) is 32.1 Å². The first-order valence-corrected chi connectivity index (χ1v) is 7.62. The van der Waals surface area contributed by atoms with Crippen molar-refractivity contribution in [2.24, 2.45) is 5.73 Å². The first kappa shape index (κ1) is 16.1. The standard InChI is InChI=1S/C16H18N4O4/c1-18-14(22)15(23)20(16(18)24)9-13(21)19-7-11(12(17)8-19)10-5-3-2-4-6-10/h2-6,11-12H,7-9,17H2,1H3/t11-,12+/m0/s1. The van der Waals surface area contributed by atoms with E-state index in [4.69, 9.17) is 5.73 Å². The predicted molar refractivity (Wildman–Crippen MR) is 83.6 cm³/mol. The fourth-order valence-electron chi connectivity index (χ4n) is 3.07. The predicted octanol–water partition coefficient (Wildman–Crippen LogP) is -0.640. The number of carbonyl (C=O) groups excluding carboxylic acids is 4. The number of imide groups is 2. The molecule has 5 amide bonds. The molecule has 2 N–H and O–H groups in total. The van der Waals surface area contributed by atoms with Gasteiger partial charge in [-0.25, -0.2) is 9.69 Å². The molecule has 0 radical (unpaired) electrons. The maximum atomic E-state index is 12.4. The Morgan fingerprint density at radius 2 is 1.79 bits per heavy atom. The van der Waals surface area contributed by atoms with Crippen molar-refractivity contribution < 1.29 is 19.2 Å². The topological polar surface area (TPSA) is 104 Å². The molecule has 2 aliphatic rings. The monoisotopic (exact) mass is 330 g/mol. The van der Waals surface area contributed by atoms with Crippen LogP contribution in [0, 0.1) is 0 Å². The lowest BCUT2D eigenvalue weighted by Gasteiger charge is -2.19. The summed E-state index contributed by atoms with van der Waals surface area (Å²) in [5.74, 6) is -2.29. The molecule has 0 unspecified atom stereocenters. The molecule has 8 nitrogen and oxygen atoms in total. The van der Waals surface area contributed by atoms with E-state index in [-0.39, 0.29) is 12.0 Å². The Hall–Kier alpha value is -2.74. The quantitative estimate of drug-likeness (QED) is 0.586. The van der Waals surface area contributed by atoms with E-state index in [1.165, 1.54) is 11.9 Å². The summed E-state index contributed by atoms with van der Waals surface area (Å²) in [6.45, 7) is 0.324. The Bertz CT molecular complexity index is 705. The largest absolute Gasteiger partial charge is 0.339 e. The van der Waals surface area contributed by atoms with Crippen LogP contribution in [0.1, 0.15) is 11.5 Å². The summed E-state index contributed by atoms with van der Waals surface area (Å²) in [5.41, 5.74) is 7.19. The van der Waals surface area contributed by atoms with E-state index in [9.17, 15) is 19.2 Å². The summed E-state index contributed by atoms with van der Waals surface area (Å²) in [6, 6.07) is 8.65. The molecular formula is C16H18N4O4. The molecule has 3 rings (SSSR count). The van der Waals surface area contributed by atoms with Gasteiger partial charge in [0.2, 0.25) is 5.91 Å². The summed E-state index contributed by atoms with van der Waals surface area (Å²) in [7, 11) is 1.21. The zero-order valence-corrected chi connectivity index (χ0v) is 13.2. The fraction of sp³-hybridized carbons (Fsp3) is 0.375. The second kappa shape index (κ2) is 6.04. The summed E-state index contributed by atoms with van der Waals surface area (Å²) in [5, 5.41) is 0. The minimum absolute atomic E-state index is 0.00411. The number of likely N-dealkylation sites (N-methyl/N-ethyl adjacent to an activating group) is 1. The lowest BCUT2D eigenvalue weighted by Crippen LogP contribution is -2.43. The lowest BCUT2D eigenvalue weighted by atomic mass is 9.95. The summed E-state index contributed by atoms with van der Waals surface area (Å²) in [4.78, 5) is 50.4. The Morgan fingerprint density at radius 3 is 2.38 bits per heavy atom. The number of nitrogens with zero attached hydrogens (tertiary/aromatic N) is 3. The second-order valence-electron chi connectivity index (χ2n) is 6.02. The van der Waals surface area contributed by atoms with E-state index in [1.54, 1.807) is 0 Å². The average Bonchev–Trinajstić information content (AvgIpc) is 3.06. The van der Waals surface area contributed by atoms with Crippen LogP contribution in [0.2, 0.25) is 0 Å². The van der Waals surface area contributed by atoms with Crippen molar-refractivity contribution in [3.8, 4) is 0 Å². The van der Waals surface area contributed by atoms with Crippen LogP contribution in [-0.4, -0.2) is 71.2 Å². The molecule has 2 atom stereocenters. The zero-order chi connectivity index (χ0) is 17.4. The van der Waals surface area contributed by atoms with Crippen molar-refractivity contribution in [1.82, 2.24) is 14.7 Å². The molecule has 0 saturated carbocycles. The van der Waals surface area contributed by atoms with Gasteiger partial charge in [-0.2, -0.15) is 0 Å². The van der Waals surface area contributed by atoms with E-state index in [0.29, 0.717) is 22.9 Å². The van der Waals surface area contributed by atoms with Crippen LogP contribution in [0.15, 0.2) is 30.3 Å². The molecule has 2 fully saturated rings. The second-order valence-corrected chi connectivity index (χ2v) is 6.02. The Labute approximate surface area is 138 Å². The molecule has 126 valence electrons. The highest BCUT2D eigenvalue weighted by atomic mass is 16.2. The molecule has 1 aromatic rings. The molecule has 2 aliphatic heterocycles. The molecule has 2 heterocycles. The molecule has 1 aromatic carbocycles. The highest BCUT2D eigenvalue weighted by molar-refractivity contribution is 6.44. The van der Waals surface area contributed by atoms with Crippen LogP contribution in [-0.2, 0) is 14.4 Å². The van der Waals surface area contributed by atoms with Crippen molar-refractivity contribution in [2.45, 2.75) is 12.0 Å². The number of nitrogens with two attached hydrogens (primary N) is 1. The number of rotatable bonds is 3. The van der Waals surface area contributed by atoms with Crippen LogP contribution >= 0.6 is 0 Å². The van der Waals surface area contributed by atoms with E-state index in [0.717, 1.165) is 5.56 Å². The highest BCUT2D eigenvalue weighted by Crippen LogP contribution is 2.26. The molecule has 0 bridgehead atoms. The Morgan fingerprint density at radius 1 is 1.12 bits per heavy atom. The zero-order valence-electron chi connectivity index (χ0n) is 13.2. The molecule has 0 aromatic heterocycles. The minimum atomic E-state index is -0.973. The number of hydrogen-bond donors (Lipinski definition) is 1. The van der Waals surface area contributed by atoms with Crippen molar-refractivity contribution >= 4 is 23.8 Å². The molecule has 0 spiro atoms. The van der Waals surface area contributed by atoms with Gasteiger partial charge in [0.25, 0.3) is 0 Å². The number of benzene rings is 1. The van der Waals surface area contributed by atoms with E-state index in [2.05, 4.69) is 0 Å². The van der Waals surface area contributed by atoms with Crippen LogP contribution in [0.3, 0.4) is 0 Å². The van der Waals surface area contributed by atoms with E-state index in [1.807, 2.05) is 30.3 Å². The van der Waals surface area contributed by atoms with Gasteiger partial charge in [-0.1, -0.05) is 30.3 Å². The summed E-state index contributed by atoms with van der Waals surface area (Å²) >= 11 is 0. The maximum absolute atomic E-state index is 12.4. The minimum Gasteiger partial charge on any atom is -0.339 e. The number of likely N-dealkylation sites (tertiary alicyclic amines) is 1. The van der Waals surface area contributed by atoms with Crippen molar-refractivity contribution in [3.63, 3.8) is 0 Å². The van der Waals surface area contributed by atoms with Crippen molar-refractivity contribution in [2.75, 3.05) is 26.7 Å². The van der Waals surface area contributed by atoms with Gasteiger partial charge in [0.05, 0.1) is 0 Å². The third-order valence-corrected chi connectivity index (χ3v) is 4.49. The first-order chi connectivity index (χ1) is 11.4.